The van der Waals surface area contributed by atoms with Gasteiger partial charge in [-0.05, 0) is 37.6 Å². The van der Waals surface area contributed by atoms with Crippen LogP contribution in [0.25, 0.3) is 0 Å². The minimum Gasteiger partial charge on any atom is -0.354 e. The molecule has 0 radical (unpaired) electrons. The first-order valence-electron chi connectivity index (χ1n) is 9.15. The summed E-state index contributed by atoms with van der Waals surface area (Å²) >= 11 is 0. The van der Waals surface area contributed by atoms with Gasteiger partial charge >= 0.3 is 0 Å². The molecule has 27 heavy (non-hydrogen) atoms. The van der Waals surface area contributed by atoms with Gasteiger partial charge in [0, 0.05) is 45.8 Å². The fourth-order valence-corrected chi connectivity index (χ4v) is 4.18. The molecule has 2 aliphatic heterocycles. The Labute approximate surface area is 156 Å². The lowest BCUT2D eigenvalue weighted by molar-refractivity contribution is -0.150. The van der Waals surface area contributed by atoms with Crippen LogP contribution in [0.2, 0.25) is 0 Å². The van der Waals surface area contributed by atoms with E-state index in [-0.39, 0.29) is 32.0 Å². The highest BCUT2D eigenvalue weighted by Gasteiger charge is 2.60. The van der Waals surface area contributed by atoms with E-state index in [2.05, 4.69) is 10.2 Å². The number of alkyl halides is 2. The predicted octanol–water partition coefficient (Wildman–Crippen LogP) is 2.50. The summed E-state index contributed by atoms with van der Waals surface area (Å²) in [5.74, 6) is -2.39. The minimum atomic E-state index is -2.81. The Kier molecular flexibility index (Phi) is 4.16. The Morgan fingerprint density at radius 3 is 2.59 bits per heavy atom. The largest absolute Gasteiger partial charge is 0.354 e. The smallest absolute Gasteiger partial charge is 0.270 e. The topological polar surface area (TPSA) is 54.3 Å². The molecule has 0 aliphatic carbocycles. The first kappa shape index (κ1) is 17.9. The maximum absolute atomic E-state index is 15.0. The van der Waals surface area contributed by atoms with Crippen LogP contribution in [-0.2, 0) is 7.05 Å². The number of amides is 1. The van der Waals surface area contributed by atoms with Crippen LogP contribution >= 0.6 is 0 Å². The number of rotatable bonds is 2. The highest BCUT2D eigenvalue weighted by atomic mass is 19.3. The molecular formula is C19H23F2N5O. The summed E-state index contributed by atoms with van der Waals surface area (Å²) in [7, 11) is 1.79. The number of likely N-dealkylation sites (tertiary alicyclic amines) is 1. The molecule has 2 aliphatic rings. The lowest BCUT2D eigenvalue weighted by atomic mass is 9.75. The molecule has 144 valence electrons. The van der Waals surface area contributed by atoms with E-state index in [1.165, 1.54) is 0 Å². The fraction of sp³-hybridized carbons (Fsp3) is 0.526. The number of anilines is 1. The van der Waals surface area contributed by atoms with Gasteiger partial charge in [0.25, 0.3) is 11.8 Å². The van der Waals surface area contributed by atoms with Gasteiger partial charge in [0.15, 0.2) is 5.82 Å². The molecule has 6 nitrogen and oxygen atoms in total. The van der Waals surface area contributed by atoms with Crippen molar-refractivity contribution in [2.45, 2.75) is 25.7 Å². The molecule has 1 atom stereocenters. The molecule has 2 aromatic rings. The summed E-state index contributed by atoms with van der Waals surface area (Å²) in [5.41, 5.74) is 0.0585. The lowest BCUT2D eigenvalue weighted by Crippen LogP contribution is -2.58. The van der Waals surface area contributed by atoms with E-state index in [1.54, 1.807) is 34.8 Å². The summed E-state index contributed by atoms with van der Waals surface area (Å²) < 4.78 is 31.7. The van der Waals surface area contributed by atoms with Crippen molar-refractivity contribution in [3.05, 3.63) is 41.9 Å². The van der Waals surface area contributed by atoms with Crippen molar-refractivity contribution < 1.29 is 13.6 Å². The van der Waals surface area contributed by atoms with Crippen molar-refractivity contribution >= 4 is 11.7 Å². The summed E-state index contributed by atoms with van der Waals surface area (Å²) in [5, 5.41) is 8.17. The van der Waals surface area contributed by atoms with E-state index in [9.17, 15) is 13.6 Å². The van der Waals surface area contributed by atoms with Crippen LogP contribution in [0.3, 0.4) is 0 Å². The van der Waals surface area contributed by atoms with Gasteiger partial charge in [0.05, 0.1) is 11.1 Å². The fourth-order valence-electron chi connectivity index (χ4n) is 4.18. The average Bonchev–Trinajstić information content (AvgIpc) is 3.25. The van der Waals surface area contributed by atoms with Crippen molar-refractivity contribution in [2.24, 2.45) is 12.5 Å². The summed E-state index contributed by atoms with van der Waals surface area (Å²) in [6.45, 7) is 2.63. The molecule has 1 unspecified atom stereocenters. The molecule has 8 heteroatoms. The number of piperidine rings is 1. The maximum Gasteiger partial charge on any atom is 0.270 e. The second-order valence-corrected chi connectivity index (χ2v) is 7.67. The van der Waals surface area contributed by atoms with E-state index in [0.29, 0.717) is 24.5 Å². The third-order valence-electron chi connectivity index (χ3n) is 5.88. The zero-order valence-corrected chi connectivity index (χ0v) is 15.5. The Hall–Kier alpha value is -2.51. The molecule has 0 bridgehead atoms. The van der Waals surface area contributed by atoms with E-state index >= 15 is 0 Å². The SMILES string of the molecule is Cc1ccc(N2CCC3(CN(C(=O)c4cccn4C)CCC3(F)F)C2)nn1. The van der Waals surface area contributed by atoms with E-state index in [4.69, 9.17) is 0 Å². The summed E-state index contributed by atoms with van der Waals surface area (Å²) in [6.07, 6.45) is 1.80. The van der Waals surface area contributed by atoms with Gasteiger partial charge in [-0.15, -0.1) is 5.10 Å². The maximum atomic E-state index is 15.0. The number of hydrogen-bond acceptors (Lipinski definition) is 4. The van der Waals surface area contributed by atoms with Crippen molar-refractivity contribution in [3.8, 4) is 0 Å². The number of hydrogen-bond donors (Lipinski definition) is 0. The first-order chi connectivity index (χ1) is 12.8. The third kappa shape index (κ3) is 2.96. The summed E-state index contributed by atoms with van der Waals surface area (Å²) in [6, 6.07) is 7.16. The molecule has 0 aromatic carbocycles. The predicted molar refractivity (Wildman–Crippen MR) is 96.9 cm³/mol. The van der Waals surface area contributed by atoms with Gasteiger partial charge in [-0.1, -0.05) is 0 Å². The number of aryl methyl sites for hydroxylation is 2. The van der Waals surface area contributed by atoms with Crippen LogP contribution < -0.4 is 4.90 Å². The number of nitrogens with zero attached hydrogens (tertiary/aromatic N) is 5. The normalized spacial score (nSPS) is 24.6. The van der Waals surface area contributed by atoms with Crippen LogP contribution in [0, 0.1) is 12.3 Å². The third-order valence-corrected chi connectivity index (χ3v) is 5.88. The van der Waals surface area contributed by atoms with Crippen molar-refractivity contribution in [1.29, 1.82) is 0 Å². The lowest BCUT2D eigenvalue weighted by Gasteiger charge is -2.45. The molecule has 2 aromatic heterocycles. The van der Waals surface area contributed by atoms with Crippen LogP contribution in [0.15, 0.2) is 30.5 Å². The molecule has 1 amide bonds. The quantitative estimate of drug-likeness (QED) is 0.809. The van der Waals surface area contributed by atoms with Gasteiger partial charge < -0.3 is 14.4 Å². The van der Waals surface area contributed by atoms with Crippen LogP contribution in [0.4, 0.5) is 14.6 Å². The van der Waals surface area contributed by atoms with Crippen molar-refractivity contribution in [2.75, 3.05) is 31.1 Å². The van der Waals surface area contributed by atoms with Crippen LogP contribution in [0.5, 0.6) is 0 Å². The zero-order valence-electron chi connectivity index (χ0n) is 15.5. The summed E-state index contributed by atoms with van der Waals surface area (Å²) in [4.78, 5) is 16.3. The number of halogens is 2. The Balaban J connectivity index is 1.57. The molecule has 4 rings (SSSR count). The van der Waals surface area contributed by atoms with Gasteiger partial charge in [-0.3, -0.25) is 4.79 Å². The molecule has 4 heterocycles. The van der Waals surface area contributed by atoms with E-state index < -0.39 is 11.3 Å². The standard InChI is InChI=1S/C19H23F2N5O/c1-14-5-6-16(23-22-14)25-10-7-18(12-25)13-26(11-8-19(18,20)21)17(27)15-4-3-9-24(15)2/h3-6,9H,7-8,10-13H2,1-2H3. The Morgan fingerprint density at radius 1 is 1.11 bits per heavy atom. The van der Waals surface area contributed by atoms with Gasteiger partial charge in [0.2, 0.25) is 0 Å². The van der Waals surface area contributed by atoms with Gasteiger partial charge in [-0.2, -0.15) is 5.10 Å². The van der Waals surface area contributed by atoms with Crippen LogP contribution in [-0.4, -0.2) is 57.7 Å². The molecule has 0 N–H and O–H groups in total. The Morgan fingerprint density at radius 2 is 1.93 bits per heavy atom. The van der Waals surface area contributed by atoms with Crippen molar-refractivity contribution in [3.63, 3.8) is 0 Å². The molecule has 1 spiro atoms. The molecule has 2 saturated heterocycles. The number of aromatic nitrogens is 3. The molecule has 2 fully saturated rings. The minimum absolute atomic E-state index is 0.0554. The Bertz CT molecular complexity index is 850. The molecule has 0 saturated carbocycles. The van der Waals surface area contributed by atoms with Crippen LogP contribution in [0.1, 0.15) is 29.0 Å². The average molecular weight is 375 g/mol. The van der Waals surface area contributed by atoms with Gasteiger partial charge in [0.1, 0.15) is 5.69 Å². The zero-order chi connectivity index (χ0) is 19.2. The number of carbonyl (C=O) groups is 1. The first-order valence-corrected chi connectivity index (χ1v) is 9.15. The number of carbonyl (C=O) groups excluding carboxylic acids is 1. The van der Waals surface area contributed by atoms with Gasteiger partial charge in [-0.25, -0.2) is 8.78 Å². The van der Waals surface area contributed by atoms with E-state index in [0.717, 1.165) is 5.69 Å². The highest BCUT2D eigenvalue weighted by molar-refractivity contribution is 5.92. The van der Waals surface area contributed by atoms with Crippen molar-refractivity contribution in [1.82, 2.24) is 19.7 Å². The molecular weight excluding hydrogens is 352 g/mol. The monoisotopic (exact) mass is 375 g/mol. The second-order valence-electron chi connectivity index (χ2n) is 7.67. The second kappa shape index (κ2) is 6.28. The highest BCUT2D eigenvalue weighted by Crippen LogP contribution is 2.50. The van der Waals surface area contributed by atoms with E-state index in [1.807, 2.05) is 24.0 Å².